The van der Waals surface area contributed by atoms with Gasteiger partial charge in [0.2, 0.25) is 5.91 Å². The van der Waals surface area contributed by atoms with Crippen LogP contribution in [0.1, 0.15) is 32.0 Å². The fraction of sp³-hybridized carbons (Fsp3) is 0.667. The van der Waals surface area contributed by atoms with Gasteiger partial charge >= 0.3 is 0 Å². The smallest absolute Gasteiger partial charge is 0.239 e. The van der Waals surface area contributed by atoms with Crippen molar-refractivity contribution in [2.75, 3.05) is 6.54 Å². The van der Waals surface area contributed by atoms with Gasteiger partial charge in [0.05, 0.1) is 12.6 Å². The third-order valence-corrected chi connectivity index (χ3v) is 3.24. The molecule has 5 nitrogen and oxygen atoms in total. The van der Waals surface area contributed by atoms with Crippen molar-refractivity contribution in [2.45, 2.75) is 45.3 Å². The van der Waals surface area contributed by atoms with Gasteiger partial charge in [0, 0.05) is 25.5 Å². The molecule has 0 saturated heterocycles. The molecule has 1 amide bonds. The summed E-state index contributed by atoms with van der Waals surface area (Å²) in [5.74, 6) is 1.01. The van der Waals surface area contributed by atoms with Gasteiger partial charge in [-0.15, -0.1) is 0 Å². The molecule has 5 heteroatoms. The number of imidazole rings is 1. The molecule has 0 unspecified atom stereocenters. The van der Waals surface area contributed by atoms with Gasteiger partial charge in [-0.2, -0.15) is 0 Å². The molecule has 1 atom stereocenters. The molecule has 1 aliphatic heterocycles. The molecule has 2 heterocycles. The Labute approximate surface area is 102 Å². The van der Waals surface area contributed by atoms with Crippen LogP contribution in [0.25, 0.3) is 0 Å². The zero-order valence-electron chi connectivity index (χ0n) is 10.3. The van der Waals surface area contributed by atoms with Crippen molar-refractivity contribution in [1.29, 1.82) is 0 Å². The number of hydrogen-bond acceptors (Lipinski definition) is 3. The van der Waals surface area contributed by atoms with Crippen molar-refractivity contribution >= 4 is 5.91 Å². The summed E-state index contributed by atoms with van der Waals surface area (Å²) in [4.78, 5) is 18.2. The number of nitrogens with two attached hydrogens (primary N) is 1. The third-order valence-electron chi connectivity index (χ3n) is 3.24. The molecular weight excluding hydrogens is 216 g/mol. The van der Waals surface area contributed by atoms with E-state index in [1.54, 1.807) is 6.20 Å². The van der Waals surface area contributed by atoms with E-state index in [9.17, 15) is 4.79 Å². The van der Waals surface area contributed by atoms with Crippen LogP contribution in [0.15, 0.2) is 12.4 Å². The predicted molar refractivity (Wildman–Crippen MR) is 65.1 cm³/mol. The maximum absolute atomic E-state index is 12.1. The Bertz CT molecular complexity index is 388. The van der Waals surface area contributed by atoms with Crippen molar-refractivity contribution in [3.8, 4) is 0 Å². The second-order valence-corrected chi connectivity index (χ2v) is 4.55. The van der Waals surface area contributed by atoms with E-state index in [0.717, 1.165) is 38.2 Å². The summed E-state index contributed by atoms with van der Waals surface area (Å²) in [5, 5.41) is 0. The number of carbonyl (C=O) groups excluding carboxylic acids is 1. The standard InChI is InChI=1S/C12H20N4O/c1-2-3-4-10(13)12(17)16-8-7-15-6-5-14-11(15)9-16/h5-6,10H,2-4,7-9,13H2,1H3/t10-/m0/s1. The van der Waals surface area contributed by atoms with Gasteiger partial charge in [0.25, 0.3) is 0 Å². The van der Waals surface area contributed by atoms with Crippen LogP contribution in [0.2, 0.25) is 0 Å². The number of rotatable bonds is 4. The van der Waals surface area contributed by atoms with Crippen LogP contribution in [0.3, 0.4) is 0 Å². The Morgan fingerprint density at radius 2 is 2.41 bits per heavy atom. The lowest BCUT2D eigenvalue weighted by molar-refractivity contribution is -0.134. The van der Waals surface area contributed by atoms with Gasteiger partial charge < -0.3 is 15.2 Å². The first kappa shape index (κ1) is 12.1. The van der Waals surface area contributed by atoms with E-state index < -0.39 is 0 Å². The van der Waals surface area contributed by atoms with Gasteiger partial charge in [-0.1, -0.05) is 19.8 Å². The first-order chi connectivity index (χ1) is 8.22. The topological polar surface area (TPSA) is 64.2 Å². The SMILES string of the molecule is CCCC[C@H](N)C(=O)N1CCn2ccnc2C1. The summed E-state index contributed by atoms with van der Waals surface area (Å²) in [6.07, 6.45) is 6.59. The van der Waals surface area contributed by atoms with E-state index in [-0.39, 0.29) is 11.9 Å². The molecule has 1 aliphatic rings. The molecule has 17 heavy (non-hydrogen) atoms. The van der Waals surface area contributed by atoms with Crippen molar-refractivity contribution in [3.05, 3.63) is 18.2 Å². The highest BCUT2D eigenvalue weighted by Crippen LogP contribution is 2.12. The number of unbranched alkanes of at least 4 members (excludes halogenated alkanes) is 1. The summed E-state index contributed by atoms with van der Waals surface area (Å²) < 4.78 is 2.08. The van der Waals surface area contributed by atoms with Crippen LogP contribution in [0.4, 0.5) is 0 Å². The number of nitrogens with zero attached hydrogens (tertiary/aromatic N) is 3. The van der Waals surface area contributed by atoms with E-state index >= 15 is 0 Å². The number of hydrogen-bond donors (Lipinski definition) is 1. The summed E-state index contributed by atoms with van der Waals surface area (Å²) in [6, 6.07) is -0.350. The zero-order chi connectivity index (χ0) is 12.3. The normalized spacial score (nSPS) is 16.7. The lowest BCUT2D eigenvalue weighted by Crippen LogP contribution is -2.46. The maximum Gasteiger partial charge on any atom is 0.239 e. The minimum Gasteiger partial charge on any atom is -0.332 e. The zero-order valence-corrected chi connectivity index (χ0v) is 10.3. The van der Waals surface area contributed by atoms with E-state index in [1.807, 2.05) is 11.1 Å². The Hall–Kier alpha value is -1.36. The highest BCUT2D eigenvalue weighted by molar-refractivity contribution is 5.81. The molecule has 1 aromatic rings. The predicted octanol–water partition coefficient (Wildman–Crippen LogP) is 0.743. The lowest BCUT2D eigenvalue weighted by Gasteiger charge is -2.29. The first-order valence-electron chi connectivity index (χ1n) is 6.26. The van der Waals surface area contributed by atoms with Gasteiger partial charge in [-0.3, -0.25) is 4.79 Å². The van der Waals surface area contributed by atoms with Crippen molar-refractivity contribution in [3.63, 3.8) is 0 Å². The van der Waals surface area contributed by atoms with Crippen molar-refractivity contribution in [1.82, 2.24) is 14.5 Å². The maximum atomic E-state index is 12.1. The number of aromatic nitrogens is 2. The summed E-state index contributed by atoms with van der Waals surface area (Å²) in [5.41, 5.74) is 5.91. The second kappa shape index (κ2) is 5.31. The van der Waals surface area contributed by atoms with Crippen molar-refractivity contribution in [2.24, 2.45) is 5.73 Å². The molecule has 1 aromatic heterocycles. The highest BCUT2D eigenvalue weighted by atomic mass is 16.2. The van der Waals surface area contributed by atoms with E-state index in [4.69, 9.17) is 5.73 Å². The molecular formula is C12H20N4O. The third kappa shape index (κ3) is 2.66. The monoisotopic (exact) mass is 236 g/mol. The van der Waals surface area contributed by atoms with Crippen LogP contribution in [-0.2, 0) is 17.9 Å². The number of carbonyl (C=O) groups is 1. The summed E-state index contributed by atoms with van der Waals surface area (Å²) in [7, 11) is 0. The van der Waals surface area contributed by atoms with Crippen LogP contribution in [0.5, 0.6) is 0 Å². The number of amides is 1. The van der Waals surface area contributed by atoms with E-state index in [2.05, 4.69) is 16.5 Å². The molecule has 0 saturated carbocycles. The summed E-state index contributed by atoms with van der Waals surface area (Å²) >= 11 is 0. The second-order valence-electron chi connectivity index (χ2n) is 4.55. The quantitative estimate of drug-likeness (QED) is 0.838. The fourth-order valence-electron chi connectivity index (χ4n) is 2.14. The van der Waals surface area contributed by atoms with Gasteiger partial charge in [0.15, 0.2) is 0 Å². The van der Waals surface area contributed by atoms with Crippen LogP contribution < -0.4 is 5.73 Å². The molecule has 2 N–H and O–H groups in total. The molecule has 0 radical (unpaired) electrons. The molecule has 0 bridgehead atoms. The molecule has 0 spiro atoms. The Kier molecular flexibility index (Phi) is 3.78. The Morgan fingerprint density at radius 3 is 3.18 bits per heavy atom. The largest absolute Gasteiger partial charge is 0.332 e. The average molecular weight is 236 g/mol. The highest BCUT2D eigenvalue weighted by Gasteiger charge is 2.24. The van der Waals surface area contributed by atoms with E-state index in [0.29, 0.717) is 6.54 Å². The minimum absolute atomic E-state index is 0.0627. The molecule has 0 fully saturated rings. The number of fused-ring (bicyclic) bond motifs is 1. The van der Waals surface area contributed by atoms with Gasteiger partial charge in [-0.05, 0) is 6.42 Å². The molecule has 94 valence electrons. The lowest BCUT2D eigenvalue weighted by atomic mass is 10.1. The van der Waals surface area contributed by atoms with Crippen LogP contribution in [0, 0.1) is 0 Å². The Morgan fingerprint density at radius 1 is 1.59 bits per heavy atom. The van der Waals surface area contributed by atoms with E-state index in [1.165, 1.54) is 0 Å². The van der Waals surface area contributed by atoms with Gasteiger partial charge in [0.1, 0.15) is 5.82 Å². The van der Waals surface area contributed by atoms with Gasteiger partial charge in [-0.25, -0.2) is 4.98 Å². The summed E-state index contributed by atoms with van der Waals surface area (Å²) in [6.45, 7) is 4.25. The first-order valence-corrected chi connectivity index (χ1v) is 6.26. The average Bonchev–Trinajstić information content (AvgIpc) is 2.81. The molecule has 0 aliphatic carbocycles. The fourth-order valence-corrected chi connectivity index (χ4v) is 2.14. The minimum atomic E-state index is -0.350. The van der Waals surface area contributed by atoms with Crippen LogP contribution >= 0.6 is 0 Å². The van der Waals surface area contributed by atoms with Crippen LogP contribution in [-0.4, -0.2) is 32.9 Å². The Balaban J connectivity index is 1.93. The molecule has 2 rings (SSSR count). The van der Waals surface area contributed by atoms with Crippen molar-refractivity contribution < 1.29 is 4.79 Å². The molecule has 0 aromatic carbocycles.